The molecule has 1 aliphatic rings. The molecule has 0 radical (unpaired) electrons. The molecular weight excluding hydrogens is 499 g/mol. The summed E-state index contributed by atoms with van der Waals surface area (Å²) in [6.07, 6.45) is 1.96. The van der Waals surface area contributed by atoms with Crippen LogP contribution in [0.25, 0.3) is 5.57 Å². The van der Waals surface area contributed by atoms with Gasteiger partial charge in [-0.15, -0.1) is 0 Å². The fraction of sp³-hybridized carbons (Fsp3) is 0.258. The predicted octanol–water partition coefficient (Wildman–Crippen LogP) is 4.12. The van der Waals surface area contributed by atoms with E-state index in [0.717, 1.165) is 60.7 Å². The van der Waals surface area contributed by atoms with Crippen LogP contribution >= 0.6 is 0 Å². The number of benzene rings is 3. The highest BCUT2D eigenvalue weighted by atomic mass is 19.1. The Morgan fingerprint density at radius 1 is 1.03 bits per heavy atom. The number of morpholine rings is 1. The summed E-state index contributed by atoms with van der Waals surface area (Å²) < 4.78 is 30.4. The largest absolute Gasteiger partial charge is 0.489 e. The summed E-state index contributed by atoms with van der Waals surface area (Å²) in [5.74, 6) is 11.5. The molecule has 0 spiro atoms. The molecule has 0 amide bonds. The zero-order chi connectivity index (χ0) is 27.5. The van der Waals surface area contributed by atoms with Crippen molar-refractivity contribution < 1.29 is 28.2 Å². The molecule has 0 aliphatic carbocycles. The zero-order valence-corrected chi connectivity index (χ0v) is 21.8. The van der Waals surface area contributed by atoms with Crippen molar-refractivity contribution in [1.29, 1.82) is 0 Å². The number of carbonyl (C=O) groups is 1. The van der Waals surface area contributed by atoms with Gasteiger partial charge in [-0.25, -0.2) is 9.18 Å². The predicted molar refractivity (Wildman–Crippen MR) is 147 cm³/mol. The van der Waals surface area contributed by atoms with E-state index in [1.165, 1.54) is 12.1 Å². The Labute approximate surface area is 227 Å². The minimum Gasteiger partial charge on any atom is -0.489 e. The Morgan fingerprint density at radius 2 is 1.72 bits per heavy atom. The number of rotatable bonds is 9. The van der Waals surface area contributed by atoms with Crippen molar-refractivity contribution in [1.82, 2.24) is 4.90 Å². The molecule has 39 heavy (non-hydrogen) atoms. The van der Waals surface area contributed by atoms with Gasteiger partial charge < -0.3 is 19.0 Å². The van der Waals surface area contributed by atoms with E-state index in [1.807, 2.05) is 43.3 Å². The fourth-order valence-corrected chi connectivity index (χ4v) is 4.04. The van der Waals surface area contributed by atoms with Crippen molar-refractivity contribution in [3.8, 4) is 23.3 Å². The average molecular weight is 531 g/mol. The fourth-order valence-electron chi connectivity index (χ4n) is 4.04. The molecule has 0 atom stereocenters. The van der Waals surface area contributed by atoms with E-state index in [1.54, 1.807) is 24.3 Å². The van der Waals surface area contributed by atoms with Gasteiger partial charge in [0.15, 0.2) is 6.61 Å². The van der Waals surface area contributed by atoms with Crippen molar-refractivity contribution in [3.63, 3.8) is 0 Å². The normalized spacial score (nSPS) is 13.8. The van der Waals surface area contributed by atoms with Crippen LogP contribution in [0.3, 0.4) is 0 Å². The monoisotopic (exact) mass is 530 g/mol. The van der Waals surface area contributed by atoms with E-state index >= 15 is 0 Å². The third kappa shape index (κ3) is 8.42. The molecule has 1 fully saturated rings. The van der Waals surface area contributed by atoms with Gasteiger partial charge >= 0.3 is 5.97 Å². The number of aryl methyl sites for hydroxylation is 1. The lowest BCUT2D eigenvalue weighted by Crippen LogP contribution is -2.36. The first-order valence-corrected chi connectivity index (χ1v) is 12.6. The molecule has 1 saturated heterocycles. The van der Waals surface area contributed by atoms with Gasteiger partial charge in [-0.2, -0.15) is 5.90 Å². The Morgan fingerprint density at radius 3 is 2.38 bits per heavy atom. The summed E-state index contributed by atoms with van der Waals surface area (Å²) >= 11 is 0. The van der Waals surface area contributed by atoms with Crippen LogP contribution in [0.4, 0.5) is 4.39 Å². The summed E-state index contributed by atoms with van der Waals surface area (Å²) in [7, 11) is 0. The lowest BCUT2D eigenvalue weighted by molar-refractivity contribution is -0.146. The van der Waals surface area contributed by atoms with E-state index in [2.05, 4.69) is 21.6 Å². The third-order valence-electron chi connectivity index (χ3n) is 6.15. The lowest BCUT2D eigenvalue weighted by atomic mass is 9.96. The molecule has 8 heteroatoms. The minimum absolute atomic E-state index is 0.278. The second-order valence-corrected chi connectivity index (χ2v) is 8.91. The third-order valence-corrected chi connectivity index (χ3v) is 6.15. The molecule has 4 rings (SSSR count). The van der Waals surface area contributed by atoms with E-state index < -0.39 is 5.97 Å². The first-order chi connectivity index (χ1) is 19.0. The van der Waals surface area contributed by atoms with Crippen molar-refractivity contribution >= 4 is 11.5 Å². The van der Waals surface area contributed by atoms with Gasteiger partial charge in [-0.1, -0.05) is 36.1 Å². The molecule has 0 saturated carbocycles. The van der Waals surface area contributed by atoms with Crippen LogP contribution < -0.4 is 15.4 Å². The molecule has 3 aromatic carbocycles. The second kappa shape index (κ2) is 14.1. The van der Waals surface area contributed by atoms with Gasteiger partial charge in [0.25, 0.3) is 0 Å². The van der Waals surface area contributed by atoms with Gasteiger partial charge in [0, 0.05) is 18.7 Å². The Kier molecular flexibility index (Phi) is 10.1. The van der Waals surface area contributed by atoms with Crippen molar-refractivity contribution in [2.45, 2.75) is 6.92 Å². The highest BCUT2D eigenvalue weighted by Gasteiger charge is 2.09. The summed E-state index contributed by atoms with van der Waals surface area (Å²) in [6.45, 7) is 5.90. The topological polar surface area (TPSA) is 83.2 Å². The summed E-state index contributed by atoms with van der Waals surface area (Å²) in [6, 6.07) is 19.7. The second-order valence-electron chi connectivity index (χ2n) is 8.91. The number of hydrogen-bond acceptors (Lipinski definition) is 7. The van der Waals surface area contributed by atoms with E-state index in [0.29, 0.717) is 11.5 Å². The lowest BCUT2D eigenvalue weighted by Gasteiger charge is -2.24. The van der Waals surface area contributed by atoms with Gasteiger partial charge in [0.1, 0.15) is 23.9 Å². The molecular formula is C31H31FN2O5. The van der Waals surface area contributed by atoms with Crippen LogP contribution in [-0.4, -0.2) is 56.9 Å². The highest BCUT2D eigenvalue weighted by Crippen LogP contribution is 2.26. The van der Waals surface area contributed by atoms with Crippen LogP contribution in [0, 0.1) is 24.6 Å². The van der Waals surface area contributed by atoms with Gasteiger partial charge in [0.05, 0.1) is 19.8 Å². The van der Waals surface area contributed by atoms with Gasteiger partial charge in [0.2, 0.25) is 0 Å². The SMILES string of the molecule is Cc1cc(OC/C=C(/c2ccc(F)cc2)c2ccc(C#CCN3CCOCC3)cc2)ccc1OCC(=O)ON. The minimum atomic E-state index is -0.666. The van der Waals surface area contributed by atoms with Crippen LogP contribution in [0.15, 0.2) is 72.8 Å². The number of halogens is 1. The standard InChI is InChI=1S/C31H31FN2O5/c1-23-21-28(12-13-30(23)38-22-31(35)39-33)37-18-14-29(26-8-10-27(32)11-9-26)25-6-4-24(5-7-25)3-2-15-34-16-19-36-20-17-34/h4-14,21H,15-20,22,33H2,1H3/b29-14+. The smallest absolute Gasteiger partial charge is 0.362 e. The molecule has 1 aliphatic heterocycles. The quantitative estimate of drug-likeness (QED) is 0.329. The van der Waals surface area contributed by atoms with Crippen LogP contribution in [0.2, 0.25) is 0 Å². The zero-order valence-electron chi connectivity index (χ0n) is 21.8. The molecule has 0 unspecified atom stereocenters. The van der Waals surface area contributed by atoms with Gasteiger partial charge in [-0.05, 0) is 77.7 Å². The molecule has 3 aromatic rings. The number of nitrogens with zero attached hydrogens (tertiary/aromatic N) is 1. The first kappa shape index (κ1) is 27.9. The maximum absolute atomic E-state index is 13.6. The number of ether oxygens (including phenoxy) is 3. The van der Waals surface area contributed by atoms with Crippen molar-refractivity contribution in [3.05, 3.63) is 101 Å². The van der Waals surface area contributed by atoms with Crippen molar-refractivity contribution in [2.24, 2.45) is 5.90 Å². The van der Waals surface area contributed by atoms with Crippen molar-refractivity contribution in [2.75, 3.05) is 46.1 Å². The summed E-state index contributed by atoms with van der Waals surface area (Å²) in [5.41, 5.74) is 4.48. The van der Waals surface area contributed by atoms with E-state index in [9.17, 15) is 9.18 Å². The Bertz CT molecular complexity index is 1340. The summed E-state index contributed by atoms with van der Waals surface area (Å²) in [4.78, 5) is 17.6. The number of carbonyl (C=O) groups excluding carboxylic acids is 1. The Hall–Kier alpha value is -4.16. The first-order valence-electron chi connectivity index (χ1n) is 12.6. The molecule has 1 heterocycles. The molecule has 0 bridgehead atoms. The highest BCUT2D eigenvalue weighted by molar-refractivity contribution is 5.80. The molecule has 0 aromatic heterocycles. The molecule has 7 nitrogen and oxygen atoms in total. The van der Waals surface area contributed by atoms with Crippen LogP contribution in [-0.2, 0) is 14.4 Å². The average Bonchev–Trinajstić information content (AvgIpc) is 2.96. The maximum Gasteiger partial charge on any atom is 0.362 e. The van der Waals surface area contributed by atoms with Crippen LogP contribution in [0.5, 0.6) is 11.5 Å². The maximum atomic E-state index is 13.6. The van der Waals surface area contributed by atoms with E-state index in [4.69, 9.17) is 20.1 Å². The van der Waals surface area contributed by atoms with Crippen LogP contribution in [0.1, 0.15) is 22.3 Å². The number of nitrogens with two attached hydrogens (primary N) is 1. The summed E-state index contributed by atoms with van der Waals surface area (Å²) in [5, 5.41) is 0. The van der Waals surface area contributed by atoms with E-state index in [-0.39, 0.29) is 19.0 Å². The molecule has 202 valence electrons. The van der Waals surface area contributed by atoms with Gasteiger partial charge in [-0.3, -0.25) is 4.90 Å². The Balaban J connectivity index is 1.45. The number of hydrogen-bond donors (Lipinski definition) is 1. The molecule has 2 N–H and O–H groups in total.